The van der Waals surface area contributed by atoms with Crippen LogP contribution in [0.2, 0.25) is 0 Å². The largest absolute Gasteiger partial charge is 0.462 e. The van der Waals surface area contributed by atoms with Crippen molar-refractivity contribution in [1.82, 2.24) is 0 Å². The molecule has 0 heterocycles. The zero-order chi connectivity index (χ0) is 36.6. The monoisotopic (exact) mass is 705 g/mol. The molecule has 0 saturated carbocycles. The number of carbonyl (C=O) groups is 3. The number of ether oxygens (including phenoxy) is 3. The standard InChI is InChI=1S/C44H80O6/c1-4-7-10-13-15-17-19-20-21-22-23-24-25-27-28-31-34-37-43(46)49-40-41(39-48-42(45)36-33-30-12-9-6-3)50-44(47)38-35-32-29-26-18-16-14-11-8-5-2/h11,14,20-21,41H,4-10,12-13,15-19,22-40H2,1-3H3/b14-11-,21-20-. The Kier molecular flexibility index (Phi) is 38.0. The van der Waals surface area contributed by atoms with Crippen molar-refractivity contribution in [2.75, 3.05) is 13.2 Å². The molecule has 0 bridgehead atoms. The van der Waals surface area contributed by atoms with Gasteiger partial charge in [-0.1, -0.05) is 161 Å². The van der Waals surface area contributed by atoms with E-state index in [1.54, 1.807) is 0 Å². The number of hydrogen-bond acceptors (Lipinski definition) is 6. The van der Waals surface area contributed by atoms with Crippen LogP contribution in [-0.2, 0) is 28.6 Å². The van der Waals surface area contributed by atoms with Crippen molar-refractivity contribution in [1.29, 1.82) is 0 Å². The number of unbranched alkanes of at least 4 members (excludes halogenated alkanes) is 23. The predicted molar refractivity (Wildman–Crippen MR) is 210 cm³/mol. The minimum Gasteiger partial charge on any atom is -0.462 e. The highest BCUT2D eigenvalue weighted by atomic mass is 16.6. The third kappa shape index (κ3) is 37.2. The van der Waals surface area contributed by atoms with Gasteiger partial charge < -0.3 is 14.2 Å². The maximum atomic E-state index is 12.6. The van der Waals surface area contributed by atoms with Crippen molar-refractivity contribution in [2.24, 2.45) is 0 Å². The number of rotatable bonds is 38. The topological polar surface area (TPSA) is 78.9 Å². The van der Waals surface area contributed by atoms with E-state index >= 15 is 0 Å². The molecular weight excluding hydrogens is 624 g/mol. The van der Waals surface area contributed by atoms with E-state index in [0.717, 1.165) is 83.5 Å². The van der Waals surface area contributed by atoms with Crippen LogP contribution >= 0.6 is 0 Å². The van der Waals surface area contributed by atoms with E-state index < -0.39 is 6.10 Å². The SMILES string of the molecule is CCC/C=C\CCCCCCCC(=O)OC(COC(=O)CCCCCCC)COC(=O)CCCCCCCCC/C=C\CCCCCCCC. The number of hydrogen-bond donors (Lipinski definition) is 0. The second-order valence-electron chi connectivity index (χ2n) is 14.3. The first-order valence-corrected chi connectivity index (χ1v) is 21.3. The molecule has 50 heavy (non-hydrogen) atoms. The van der Waals surface area contributed by atoms with Crippen molar-refractivity contribution in [2.45, 2.75) is 226 Å². The summed E-state index contributed by atoms with van der Waals surface area (Å²) in [5.41, 5.74) is 0. The van der Waals surface area contributed by atoms with E-state index in [9.17, 15) is 14.4 Å². The van der Waals surface area contributed by atoms with Crippen LogP contribution in [0.25, 0.3) is 0 Å². The first kappa shape index (κ1) is 47.9. The van der Waals surface area contributed by atoms with Crippen LogP contribution in [0, 0.1) is 0 Å². The molecule has 0 aromatic heterocycles. The smallest absolute Gasteiger partial charge is 0.306 e. The predicted octanol–water partition coefficient (Wildman–Crippen LogP) is 13.2. The quantitative estimate of drug-likeness (QED) is 0.0275. The van der Waals surface area contributed by atoms with Crippen LogP contribution in [0.5, 0.6) is 0 Å². The molecule has 0 N–H and O–H groups in total. The molecule has 0 aliphatic carbocycles. The molecule has 0 amide bonds. The molecule has 0 aromatic carbocycles. The molecule has 0 fully saturated rings. The van der Waals surface area contributed by atoms with Gasteiger partial charge in [0.05, 0.1) is 0 Å². The van der Waals surface area contributed by atoms with Crippen LogP contribution < -0.4 is 0 Å². The number of allylic oxidation sites excluding steroid dienone is 4. The van der Waals surface area contributed by atoms with Gasteiger partial charge in [-0.15, -0.1) is 0 Å². The molecular formula is C44H80O6. The third-order valence-corrected chi connectivity index (χ3v) is 9.16. The maximum Gasteiger partial charge on any atom is 0.306 e. The summed E-state index contributed by atoms with van der Waals surface area (Å²) in [7, 11) is 0. The molecule has 0 spiro atoms. The summed E-state index contributed by atoms with van der Waals surface area (Å²) in [6, 6.07) is 0. The van der Waals surface area contributed by atoms with Gasteiger partial charge in [-0.3, -0.25) is 14.4 Å². The molecule has 0 rings (SSSR count). The highest BCUT2D eigenvalue weighted by Crippen LogP contribution is 2.13. The fourth-order valence-corrected chi connectivity index (χ4v) is 5.91. The van der Waals surface area contributed by atoms with E-state index in [0.29, 0.717) is 19.3 Å². The van der Waals surface area contributed by atoms with E-state index in [-0.39, 0.29) is 31.1 Å². The Hall–Kier alpha value is -2.11. The Bertz CT molecular complexity index is 819. The normalized spacial score (nSPS) is 12.1. The molecule has 0 saturated heterocycles. The lowest BCUT2D eigenvalue weighted by molar-refractivity contribution is -0.167. The molecule has 6 heteroatoms. The van der Waals surface area contributed by atoms with Crippen molar-refractivity contribution >= 4 is 17.9 Å². The second-order valence-corrected chi connectivity index (χ2v) is 14.3. The Morgan fingerprint density at radius 3 is 1.08 bits per heavy atom. The number of carbonyl (C=O) groups excluding carboxylic acids is 3. The molecule has 0 radical (unpaired) electrons. The van der Waals surface area contributed by atoms with Crippen molar-refractivity contribution in [3.63, 3.8) is 0 Å². The molecule has 0 aliphatic heterocycles. The Labute approximate surface area is 309 Å². The van der Waals surface area contributed by atoms with Crippen LogP contribution in [0.3, 0.4) is 0 Å². The van der Waals surface area contributed by atoms with Gasteiger partial charge in [-0.05, 0) is 64.2 Å². The van der Waals surface area contributed by atoms with Gasteiger partial charge in [0.15, 0.2) is 6.10 Å². The van der Waals surface area contributed by atoms with Crippen LogP contribution in [-0.4, -0.2) is 37.2 Å². The van der Waals surface area contributed by atoms with Gasteiger partial charge >= 0.3 is 17.9 Å². The Morgan fingerprint density at radius 2 is 0.700 bits per heavy atom. The van der Waals surface area contributed by atoms with Crippen LogP contribution in [0.1, 0.15) is 220 Å². The highest BCUT2D eigenvalue weighted by molar-refractivity contribution is 5.71. The molecule has 0 aliphatic rings. The lowest BCUT2D eigenvalue weighted by Gasteiger charge is -2.18. The highest BCUT2D eigenvalue weighted by Gasteiger charge is 2.19. The van der Waals surface area contributed by atoms with Gasteiger partial charge in [0.1, 0.15) is 13.2 Å². The average Bonchev–Trinajstić information content (AvgIpc) is 3.11. The summed E-state index contributed by atoms with van der Waals surface area (Å²) in [6.07, 6.45) is 41.9. The fourth-order valence-electron chi connectivity index (χ4n) is 5.91. The van der Waals surface area contributed by atoms with Gasteiger partial charge in [0, 0.05) is 19.3 Å². The van der Waals surface area contributed by atoms with Gasteiger partial charge in [0.2, 0.25) is 0 Å². The Morgan fingerprint density at radius 1 is 0.380 bits per heavy atom. The second kappa shape index (κ2) is 39.7. The fraction of sp³-hybridized carbons (Fsp3) is 0.841. The van der Waals surface area contributed by atoms with Crippen LogP contribution in [0.4, 0.5) is 0 Å². The molecule has 6 nitrogen and oxygen atoms in total. The van der Waals surface area contributed by atoms with E-state index in [4.69, 9.17) is 14.2 Å². The lowest BCUT2D eigenvalue weighted by Crippen LogP contribution is -2.30. The van der Waals surface area contributed by atoms with E-state index in [2.05, 4.69) is 45.1 Å². The van der Waals surface area contributed by atoms with Gasteiger partial charge in [-0.25, -0.2) is 0 Å². The molecule has 0 aromatic rings. The maximum absolute atomic E-state index is 12.6. The molecule has 1 atom stereocenters. The minimum absolute atomic E-state index is 0.0761. The lowest BCUT2D eigenvalue weighted by atomic mass is 10.1. The summed E-state index contributed by atoms with van der Waals surface area (Å²) in [5, 5.41) is 0. The van der Waals surface area contributed by atoms with E-state index in [1.807, 2.05) is 0 Å². The first-order chi connectivity index (χ1) is 24.5. The summed E-state index contributed by atoms with van der Waals surface area (Å²) in [4.78, 5) is 37.3. The molecule has 292 valence electrons. The zero-order valence-corrected chi connectivity index (χ0v) is 33.2. The van der Waals surface area contributed by atoms with E-state index in [1.165, 1.54) is 96.3 Å². The summed E-state index contributed by atoms with van der Waals surface area (Å²) < 4.78 is 16.5. The summed E-state index contributed by atoms with van der Waals surface area (Å²) >= 11 is 0. The number of esters is 3. The minimum atomic E-state index is -0.768. The first-order valence-electron chi connectivity index (χ1n) is 21.3. The van der Waals surface area contributed by atoms with Crippen molar-refractivity contribution < 1.29 is 28.6 Å². The zero-order valence-electron chi connectivity index (χ0n) is 33.2. The van der Waals surface area contributed by atoms with Crippen molar-refractivity contribution in [3.8, 4) is 0 Å². The molecule has 1 unspecified atom stereocenters. The Balaban J connectivity index is 4.19. The van der Waals surface area contributed by atoms with Gasteiger partial charge in [0.25, 0.3) is 0 Å². The summed E-state index contributed by atoms with van der Waals surface area (Å²) in [5.74, 6) is -0.905. The van der Waals surface area contributed by atoms with Crippen molar-refractivity contribution in [3.05, 3.63) is 24.3 Å². The third-order valence-electron chi connectivity index (χ3n) is 9.16. The van der Waals surface area contributed by atoms with Gasteiger partial charge in [-0.2, -0.15) is 0 Å². The van der Waals surface area contributed by atoms with Crippen LogP contribution in [0.15, 0.2) is 24.3 Å². The summed E-state index contributed by atoms with van der Waals surface area (Å²) in [6.45, 7) is 6.47. The average molecular weight is 705 g/mol.